The topological polar surface area (TPSA) is 66.6 Å². The van der Waals surface area contributed by atoms with E-state index in [1.54, 1.807) is 18.3 Å². The van der Waals surface area contributed by atoms with Crippen LogP contribution >= 0.6 is 0 Å². The maximum absolute atomic E-state index is 8.67. The molecule has 13 heavy (non-hydrogen) atoms. The summed E-state index contributed by atoms with van der Waals surface area (Å²) in [5.74, 6) is 0. The number of benzene rings is 1. The lowest BCUT2D eigenvalue weighted by molar-refractivity contribution is -0.454. The van der Waals surface area contributed by atoms with E-state index < -0.39 is 0 Å². The van der Waals surface area contributed by atoms with Crippen LogP contribution in [0.15, 0.2) is 30.5 Å². The highest BCUT2D eigenvalue weighted by molar-refractivity contribution is 5.59. The molecule has 2 N–H and O–H groups in total. The molecule has 2 rings (SSSR count). The van der Waals surface area contributed by atoms with Gasteiger partial charge in [0.15, 0.2) is 6.20 Å². The minimum absolute atomic E-state index is 0.639. The molecule has 0 saturated heterocycles. The molecule has 0 amide bonds. The number of aromatic nitrogens is 3. The Morgan fingerprint density at radius 1 is 1.46 bits per heavy atom. The number of nitrogens with zero attached hydrogens (tertiary/aromatic N) is 2. The minimum Gasteiger partial charge on any atom is -0.192 e. The molecular weight excluding hydrogens is 164 g/mol. The Morgan fingerprint density at radius 2 is 2.38 bits per heavy atom. The van der Waals surface area contributed by atoms with E-state index in [1.807, 2.05) is 12.1 Å². The van der Waals surface area contributed by atoms with E-state index in [0.717, 1.165) is 11.3 Å². The third kappa shape index (κ3) is 1.40. The molecule has 1 heterocycles. The van der Waals surface area contributed by atoms with Crippen molar-refractivity contribution in [2.75, 3.05) is 0 Å². The summed E-state index contributed by atoms with van der Waals surface area (Å²) in [4.78, 5) is 0. The van der Waals surface area contributed by atoms with Gasteiger partial charge in [0, 0.05) is 10.7 Å². The third-order valence-corrected chi connectivity index (χ3v) is 1.74. The van der Waals surface area contributed by atoms with Crippen LogP contribution in [-0.2, 0) is 0 Å². The summed E-state index contributed by atoms with van der Waals surface area (Å²) in [6.07, 6.45) is 1.75. The molecule has 0 atom stereocenters. The van der Waals surface area contributed by atoms with Gasteiger partial charge in [-0.05, 0) is 12.1 Å². The Kier molecular flexibility index (Phi) is 1.77. The number of H-pyrrole nitrogens is 2. The second-order valence-electron chi connectivity index (χ2n) is 2.59. The number of rotatable bonds is 1. The smallest absolute Gasteiger partial charge is 0.192 e. The van der Waals surface area contributed by atoms with Crippen molar-refractivity contribution < 1.29 is 5.10 Å². The molecule has 4 nitrogen and oxygen atoms in total. The van der Waals surface area contributed by atoms with Gasteiger partial charge < -0.3 is 0 Å². The highest BCUT2D eigenvalue weighted by Crippen LogP contribution is 2.15. The lowest BCUT2D eigenvalue weighted by atomic mass is 10.1. The van der Waals surface area contributed by atoms with Gasteiger partial charge in [0.2, 0.25) is 5.69 Å². The fraction of sp³-hybridized carbons (Fsp3) is 0. The molecule has 62 valence electrons. The zero-order valence-electron chi connectivity index (χ0n) is 6.78. The molecule has 0 unspecified atom stereocenters. The van der Waals surface area contributed by atoms with E-state index in [1.165, 1.54) is 0 Å². The molecule has 0 aliphatic carbocycles. The van der Waals surface area contributed by atoms with Gasteiger partial charge in [0.1, 0.15) is 0 Å². The molecule has 0 aliphatic heterocycles. The van der Waals surface area contributed by atoms with E-state index in [9.17, 15) is 0 Å². The van der Waals surface area contributed by atoms with Crippen LogP contribution in [0.3, 0.4) is 0 Å². The van der Waals surface area contributed by atoms with Crippen LogP contribution in [-0.4, -0.2) is 10.3 Å². The molecular formula is C9H7N4+. The van der Waals surface area contributed by atoms with Crippen molar-refractivity contribution >= 4 is 0 Å². The van der Waals surface area contributed by atoms with E-state index in [-0.39, 0.29) is 0 Å². The molecule has 0 radical (unpaired) electrons. The molecule has 1 aromatic carbocycles. The number of nitrogens with one attached hydrogen (secondary N) is 2. The Labute approximate surface area is 74.8 Å². The van der Waals surface area contributed by atoms with E-state index in [0.29, 0.717) is 5.56 Å². The van der Waals surface area contributed by atoms with Gasteiger partial charge in [-0.25, -0.2) is 0 Å². The molecule has 0 fully saturated rings. The first-order valence-electron chi connectivity index (χ1n) is 3.82. The monoisotopic (exact) mass is 171 g/mol. The van der Waals surface area contributed by atoms with Crippen molar-refractivity contribution in [3.05, 3.63) is 36.0 Å². The number of hydrogen-bond donors (Lipinski definition) is 1. The zero-order chi connectivity index (χ0) is 9.10. The van der Waals surface area contributed by atoms with E-state index in [4.69, 9.17) is 5.26 Å². The van der Waals surface area contributed by atoms with Crippen LogP contribution in [0, 0.1) is 11.3 Å². The Bertz CT molecular complexity index is 439. The minimum atomic E-state index is 0.639. The molecule has 1 aromatic heterocycles. The fourth-order valence-electron chi connectivity index (χ4n) is 1.12. The van der Waals surface area contributed by atoms with Crippen molar-refractivity contribution in [1.29, 1.82) is 5.26 Å². The SMILES string of the molecule is N#Cc1cccc(-c2c[nH+][nH]n2)c1. The normalized spacial score (nSPS) is 9.46. The van der Waals surface area contributed by atoms with Crippen molar-refractivity contribution in [3.63, 3.8) is 0 Å². The van der Waals surface area contributed by atoms with Gasteiger partial charge in [0.25, 0.3) is 0 Å². The molecule has 0 spiro atoms. The van der Waals surface area contributed by atoms with Crippen molar-refractivity contribution in [2.24, 2.45) is 0 Å². The first kappa shape index (κ1) is 7.50. The lowest BCUT2D eigenvalue weighted by Gasteiger charge is -1.90. The summed E-state index contributed by atoms with van der Waals surface area (Å²) < 4.78 is 0. The summed E-state index contributed by atoms with van der Waals surface area (Å²) in [5.41, 5.74) is 2.37. The number of nitriles is 1. The highest BCUT2D eigenvalue weighted by Gasteiger charge is 2.06. The van der Waals surface area contributed by atoms with Crippen LogP contribution in [0.25, 0.3) is 11.3 Å². The second kappa shape index (κ2) is 3.07. The lowest BCUT2D eigenvalue weighted by Crippen LogP contribution is -1.97. The van der Waals surface area contributed by atoms with Gasteiger partial charge in [0.05, 0.1) is 11.6 Å². The van der Waals surface area contributed by atoms with Gasteiger partial charge in [-0.1, -0.05) is 17.3 Å². The van der Waals surface area contributed by atoms with Crippen LogP contribution in [0.1, 0.15) is 5.56 Å². The predicted molar refractivity (Wildman–Crippen MR) is 45.3 cm³/mol. The first-order chi connectivity index (χ1) is 6.40. The summed E-state index contributed by atoms with van der Waals surface area (Å²) in [7, 11) is 0. The molecule has 0 aliphatic rings. The van der Waals surface area contributed by atoms with Crippen LogP contribution < -0.4 is 5.10 Å². The number of aromatic amines is 2. The molecule has 0 saturated carbocycles. The van der Waals surface area contributed by atoms with Crippen LogP contribution in [0.2, 0.25) is 0 Å². The van der Waals surface area contributed by atoms with Crippen LogP contribution in [0.5, 0.6) is 0 Å². The second-order valence-corrected chi connectivity index (χ2v) is 2.59. The molecule has 2 aromatic rings. The highest BCUT2D eigenvalue weighted by atomic mass is 15.3. The molecule has 0 bridgehead atoms. The van der Waals surface area contributed by atoms with Crippen LogP contribution in [0.4, 0.5) is 0 Å². The largest absolute Gasteiger partial charge is 0.248 e. The predicted octanol–water partition coefficient (Wildman–Crippen LogP) is 0.762. The average Bonchev–Trinajstić information content (AvgIpc) is 2.71. The van der Waals surface area contributed by atoms with Crippen molar-refractivity contribution in [3.8, 4) is 17.3 Å². The Morgan fingerprint density at radius 3 is 3.08 bits per heavy atom. The average molecular weight is 171 g/mol. The quantitative estimate of drug-likeness (QED) is 0.688. The van der Waals surface area contributed by atoms with Crippen molar-refractivity contribution in [2.45, 2.75) is 0 Å². The van der Waals surface area contributed by atoms with Gasteiger partial charge in [-0.15, -0.1) is 0 Å². The van der Waals surface area contributed by atoms with Crippen molar-refractivity contribution in [1.82, 2.24) is 10.3 Å². The van der Waals surface area contributed by atoms with Gasteiger partial charge in [-0.3, -0.25) is 0 Å². The number of hydrogen-bond acceptors (Lipinski definition) is 2. The Balaban J connectivity index is 2.49. The summed E-state index contributed by atoms with van der Waals surface area (Å²) in [6, 6.07) is 9.38. The summed E-state index contributed by atoms with van der Waals surface area (Å²) >= 11 is 0. The molecule has 4 heteroatoms. The maximum Gasteiger partial charge on any atom is 0.248 e. The van der Waals surface area contributed by atoms with Gasteiger partial charge >= 0.3 is 0 Å². The fourth-order valence-corrected chi connectivity index (χ4v) is 1.12. The maximum atomic E-state index is 8.67. The first-order valence-corrected chi connectivity index (χ1v) is 3.82. The Hall–Kier alpha value is -2.15. The summed E-state index contributed by atoms with van der Waals surface area (Å²) in [6.45, 7) is 0. The summed E-state index contributed by atoms with van der Waals surface area (Å²) in [5, 5.41) is 18.0. The zero-order valence-corrected chi connectivity index (χ0v) is 6.78. The van der Waals surface area contributed by atoms with E-state index in [2.05, 4.69) is 21.5 Å². The third-order valence-electron chi connectivity index (χ3n) is 1.74. The van der Waals surface area contributed by atoms with Gasteiger partial charge in [-0.2, -0.15) is 10.4 Å². The standard InChI is InChI=1S/C9H6N4/c10-5-7-2-1-3-8(4-7)9-6-11-13-12-9/h1-4,6H,(H,11,12,13)/p+1. The van der Waals surface area contributed by atoms with E-state index >= 15 is 0 Å².